The molecule has 25 heavy (non-hydrogen) atoms. The van der Waals surface area contributed by atoms with Crippen LogP contribution in [0.25, 0.3) is 5.69 Å². The van der Waals surface area contributed by atoms with Crippen LogP contribution in [-0.4, -0.2) is 46.9 Å². The van der Waals surface area contributed by atoms with Crippen LogP contribution in [0, 0.1) is 6.92 Å². The maximum Gasteiger partial charge on any atom is 0.315 e. The fourth-order valence-electron chi connectivity index (χ4n) is 3.40. The molecule has 1 aliphatic rings. The van der Waals surface area contributed by atoms with E-state index in [0.29, 0.717) is 12.6 Å². The summed E-state index contributed by atoms with van der Waals surface area (Å²) in [4.78, 5) is 14.5. The van der Waals surface area contributed by atoms with E-state index in [0.717, 1.165) is 36.2 Å². The smallest absolute Gasteiger partial charge is 0.315 e. The molecule has 6 nitrogen and oxygen atoms in total. The number of carbonyl (C=O) groups excluding carboxylic acids is 1. The van der Waals surface area contributed by atoms with Crippen LogP contribution in [0.3, 0.4) is 0 Å². The SMILES string of the molecule is Cc1ccn(-c2ccccc2CNC(=O)N[C@H]2CC[C@@H](N(C)C)C2)n1. The lowest BCUT2D eigenvalue weighted by Gasteiger charge is -2.19. The van der Waals surface area contributed by atoms with Gasteiger partial charge in [0, 0.05) is 24.8 Å². The second-order valence-corrected chi connectivity index (χ2v) is 6.98. The molecular weight excluding hydrogens is 314 g/mol. The quantitative estimate of drug-likeness (QED) is 0.878. The predicted octanol–water partition coefficient (Wildman–Crippen LogP) is 2.46. The lowest BCUT2D eigenvalue weighted by Crippen LogP contribution is -2.41. The average molecular weight is 341 g/mol. The van der Waals surface area contributed by atoms with E-state index in [9.17, 15) is 4.79 Å². The van der Waals surface area contributed by atoms with Gasteiger partial charge in [-0.3, -0.25) is 0 Å². The van der Waals surface area contributed by atoms with Crippen LogP contribution in [-0.2, 0) is 6.54 Å². The van der Waals surface area contributed by atoms with Crippen molar-refractivity contribution < 1.29 is 4.79 Å². The Morgan fingerprint density at radius 2 is 2.08 bits per heavy atom. The molecule has 134 valence electrons. The van der Waals surface area contributed by atoms with E-state index in [1.165, 1.54) is 0 Å². The highest BCUT2D eigenvalue weighted by atomic mass is 16.2. The maximum absolute atomic E-state index is 12.2. The molecule has 0 spiro atoms. The summed E-state index contributed by atoms with van der Waals surface area (Å²) in [6, 6.07) is 10.7. The minimum absolute atomic E-state index is 0.101. The fourth-order valence-corrected chi connectivity index (χ4v) is 3.40. The van der Waals surface area contributed by atoms with Crippen molar-refractivity contribution in [1.82, 2.24) is 25.3 Å². The molecule has 0 radical (unpaired) electrons. The number of aromatic nitrogens is 2. The minimum Gasteiger partial charge on any atom is -0.335 e. The first-order valence-corrected chi connectivity index (χ1v) is 8.84. The Kier molecular flexibility index (Phi) is 5.38. The van der Waals surface area contributed by atoms with Crippen molar-refractivity contribution in [2.24, 2.45) is 0 Å². The molecule has 2 atom stereocenters. The van der Waals surface area contributed by atoms with E-state index in [1.807, 2.05) is 48.1 Å². The van der Waals surface area contributed by atoms with Crippen molar-refractivity contribution in [3.8, 4) is 5.69 Å². The summed E-state index contributed by atoms with van der Waals surface area (Å²) in [7, 11) is 4.20. The van der Waals surface area contributed by atoms with Gasteiger partial charge in [-0.05, 0) is 58.0 Å². The third-order valence-corrected chi connectivity index (χ3v) is 4.87. The first-order valence-electron chi connectivity index (χ1n) is 8.84. The van der Waals surface area contributed by atoms with E-state index >= 15 is 0 Å². The fraction of sp³-hybridized carbons (Fsp3) is 0.474. The molecule has 2 aromatic rings. The zero-order chi connectivity index (χ0) is 17.8. The van der Waals surface area contributed by atoms with Crippen molar-refractivity contribution in [1.29, 1.82) is 0 Å². The number of nitrogens with zero attached hydrogens (tertiary/aromatic N) is 3. The molecule has 1 fully saturated rings. The summed E-state index contributed by atoms with van der Waals surface area (Å²) in [5.74, 6) is 0. The minimum atomic E-state index is -0.101. The zero-order valence-electron chi connectivity index (χ0n) is 15.2. The first kappa shape index (κ1) is 17.5. The molecule has 0 unspecified atom stereocenters. The zero-order valence-corrected chi connectivity index (χ0v) is 15.2. The Hall–Kier alpha value is -2.34. The van der Waals surface area contributed by atoms with E-state index in [4.69, 9.17) is 0 Å². The molecule has 1 aromatic carbocycles. The van der Waals surface area contributed by atoms with Gasteiger partial charge < -0.3 is 15.5 Å². The summed E-state index contributed by atoms with van der Waals surface area (Å²) in [5.41, 5.74) is 3.00. The molecule has 0 aliphatic heterocycles. The van der Waals surface area contributed by atoms with Crippen LogP contribution in [0.4, 0.5) is 4.79 Å². The van der Waals surface area contributed by atoms with Crippen molar-refractivity contribution in [3.63, 3.8) is 0 Å². The molecule has 1 heterocycles. The van der Waals surface area contributed by atoms with Crippen molar-refractivity contribution >= 4 is 6.03 Å². The van der Waals surface area contributed by atoms with Gasteiger partial charge in [0.2, 0.25) is 0 Å². The highest BCUT2D eigenvalue weighted by Gasteiger charge is 2.26. The molecule has 0 bridgehead atoms. The topological polar surface area (TPSA) is 62.2 Å². The molecule has 3 rings (SSSR count). The van der Waals surface area contributed by atoms with Gasteiger partial charge in [-0.25, -0.2) is 9.48 Å². The number of nitrogens with one attached hydrogen (secondary N) is 2. The number of carbonyl (C=O) groups is 1. The lowest BCUT2D eigenvalue weighted by atomic mass is 10.2. The van der Waals surface area contributed by atoms with E-state index in [1.54, 1.807) is 0 Å². The third-order valence-electron chi connectivity index (χ3n) is 4.87. The summed E-state index contributed by atoms with van der Waals surface area (Å²) in [6.45, 7) is 2.44. The van der Waals surface area contributed by atoms with E-state index in [2.05, 4.69) is 34.7 Å². The second-order valence-electron chi connectivity index (χ2n) is 6.98. The van der Waals surface area contributed by atoms with Crippen LogP contribution >= 0.6 is 0 Å². The van der Waals surface area contributed by atoms with E-state index < -0.39 is 0 Å². The molecule has 2 N–H and O–H groups in total. The monoisotopic (exact) mass is 341 g/mol. The number of urea groups is 1. The summed E-state index contributed by atoms with van der Waals surface area (Å²) in [5, 5.41) is 10.5. The second kappa shape index (κ2) is 7.70. The number of para-hydroxylation sites is 1. The number of amides is 2. The number of hydrogen-bond donors (Lipinski definition) is 2. The van der Waals surface area contributed by atoms with Crippen molar-refractivity contribution in [2.45, 2.75) is 44.8 Å². The van der Waals surface area contributed by atoms with Crippen LogP contribution < -0.4 is 10.6 Å². The van der Waals surface area contributed by atoms with Crippen LogP contribution in [0.2, 0.25) is 0 Å². The normalized spacial score (nSPS) is 20.0. The van der Waals surface area contributed by atoms with Crippen molar-refractivity contribution in [3.05, 3.63) is 47.8 Å². The Labute approximate surface area is 149 Å². The van der Waals surface area contributed by atoms with Gasteiger partial charge in [0.25, 0.3) is 0 Å². The van der Waals surface area contributed by atoms with Gasteiger partial charge in [0.15, 0.2) is 0 Å². The molecule has 1 aromatic heterocycles. The molecule has 1 aliphatic carbocycles. The molecule has 2 amide bonds. The third kappa shape index (κ3) is 4.39. The average Bonchev–Trinajstić information content (AvgIpc) is 3.22. The highest BCUT2D eigenvalue weighted by Crippen LogP contribution is 2.22. The van der Waals surface area contributed by atoms with Gasteiger partial charge >= 0.3 is 6.03 Å². The number of aryl methyl sites for hydroxylation is 1. The Morgan fingerprint density at radius 3 is 2.76 bits per heavy atom. The number of hydrogen-bond acceptors (Lipinski definition) is 3. The van der Waals surface area contributed by atoms with Gasteiger partial charge in [0.1, 0.15) is 0 Å². The molecule has 1 saturated carbocycles. The van der Waals surface area contributed by atoms with Crippen LogP contribution in [0.1, 0.15) is 30.5 Å². The Balaban J connectivity index is 1.56. The van der Waals surface area contributed by atoms with Crippen molar-refractivity contribution in [2.75, 3.05) is 14.1 Å². The van der Waals surface area contributed by atoms with E-state index in [-0.39, 0.29) is 12.1 Å². The molecule has 0 saturated heterocycles. The molecular formula is C19H27N5O. The largest absolute Gasteiger partial charge is 0.335 e. The number of rotatable bonds is 5. The summed E-state index contributed by atoms with van der Waals surface area (Å²) < 4.78 is 1.85. The maximum atomic E-state index is 12.2. The number of benzene rings is 1. The Morgan fingerprint density at radius 1 is 1.28 bits per heavy atom. The standard InChI is InChI=1S/C19H27N5O/c1-14-10-11-24(22-14)18-7-5-4-6-15(18)13-20-19(25)21-16-8-9-17(12-16)23(2)3/h4-7,10-11,16-17H,8-9,12-13H2,1-3H3,(H2,20,21,25)/t16-,17+/m0/s1. The highest BCUT2D eigenvalue weighted by molar-refractivity contribution is 5.74. The van der Waals surface area contributed by atoms with Gasteiger partial charge in [-0.2, -0.15) is 5.10 Å². The van der Waals surface area contributed by atoms with Gasteiger partial charge in [-0.15, -0.1) is 0 Å². The first-order chi connectivity index (χ1) is 12.0. The lowest BCUT2D eigenvalue weighted by molar-refractivity contribution is 0.235. The van der Waals surface area contributed by atoms with Gasteiger partial charge in [-0.1, -0.05) is 18.2 Å². The summed E-state index contributed by atoms with van der Waals surface area (Å²) in [6.07, 6.45) is 5.14. The molecule has 6 heteroatoms. The van der Waals surface area contributed by atoms with Gasteiger partial charge in [0.05, 0.1) is 11.4 Å². The van der Waals surface area contributed by atoms with Crippen LogP contribution in [0.5, 0.6) is 0 Å². The predicted molar refractivity (Wildman–Crippen MR) is 98.8 cm³/mol. The summed E-state index contributed by atoms with van der Waals surface area (Å²) >= 11 is 0. The Bertz CT molecular complexity index is 724. The van der Waals surface area contributed by atoms with Crippen LogP contribution in [0.15, 0.2) is 36.5 Å².